The van der Waals surface area contributed by atoms with Gasteiger partial charge in [-0.25, -0.2) is 0 Å². The molecule has 0 amide bonds. The third-order valence-corrected chi connectivity index (χ3v) is 3.95. The van der Waals surface area contributed by atoms with Gasteiger partial charge >= 0.3 is 0 Å². The largest absolute Gasteiger partial charge is 0.312 e. The second kappa shape index (κ2) is 6.20. The highest BCUT2D eigenvalue weighted by atomic mass is 14.9. The number of nitrogens with one attached hydrogen (secondary N) is 1. The summed E-state index contributed by atoms with van der Waals surface area (Å²) in [5, 5.41) is 3.57. The number of hydrogen-bond donors (Lipinski definition) is 1. The Morgan fingerprint density at radius 2 is 1.76 bits per heavy atom. The first-order chi connectivity index (χ1) is 8.33. The Kier molecular flexibility index (Phi) is 4.61. The van der Waals surface area contributed by atoms with Crippen LogP contribution in [0.25, 0.3) is 0 Å². The number of benzene rings is 1. The van der Waals surface area contributed by atoms with Crippen LogP contribution in [-0.2, 0) is 6.54 Å². The first-order valence-corrected chi connectivity index (χ1v) is 7.13. The summed E-state index contributed by atoms with van der Waals surface area (Å²) in [6, 6.07) is 9.19. The molecule has 0 bridgehead atoms. The molecule has 1 aromatic rings. The van der Waals surface area contributed by atoms with Gasteiger partial charge in [0.05, 0.1) is 0 Å². The Balaban J connectivity index is 1.74. The van der Waals surface area contributed by atoms with Gasteiger partial charge in [0.25, 0.3) is 0 Å². The fraction of sp³-hybridized carbons (Fsp3) is 0.625. The molecule has 17 heavy (non-hydrogen) atoms. The average Bonchev–Trinajstić information content (AvgIpc) is 3.20. The molecule has 2 rings (SSSR count). The summed E-state index contributed by atoms with van der Waals surface area (Å²) in [5.41, 5.74) is 2.95. The molecule has 0 spiro atoms. The van der Waals surface area contributed by atoms with Gasteiger partial charge < -0.3 is 5.32 Å². The van der Waals surface area contributed by atoms with Crippen molar-refractivity contribution < 1.29 is 0 Å². The molecule has 0 heterocycles. The van der Waals surface area contributed by atoms with E-state index in [0.29, 0.717) is 0 Å². The van der Waals surface area contributed by atoms with Gasteiger partial charge in [0.2, 0.25) is 0 Å². The van der Waals surface area contributed by atoms with Crippen molar-refractivity contribution >= 4 is 0 Å². The normalized spacial score (nSPS) is 15.5. The Bertz CT molecular complexity index is 320. The SMILES string of the molecule is CCC(CC)CNCc1ccc(C2CC2)cc1. The molecule has 0 aromatic heterocycles. The third-order valence-electron chi connectivity index (χ3n) is 3.95. The van der Waals surface area contributed by atoms with Gasteiger partial charge in [-0.15, -0.1) is 0 Å². The van der Waals surface area contributed by atoms with Crippen LogP contribution in [0.1, 0.15) is 56.6 Å². The quantitative estimate of drug-likeness (QED) is 0.745. The zero-order valence-corrected chi connectivity index (χ0v) is 11.2. The molecule has 1 nitrogen and oxygen atoms in total. The molecule has 0 aliphatic heterocycles. The minimum absolute atomic E-state index is 0.834. The third kappa shape index (κ3) is 3.85. The van der Waals surface area contributed by atoms with E-state index in [9.17, 15) is 0 Å². The van der Waals surface area contributed by atoms with E-state index in [0.717, 1.165) is 24.9 Å². The minimum Gasteiger partial charge on any atom is -0.312 e. The number of rotatable bonds is 7. The predicted molar refractivity (Wildman–Crippen MR) is 74.2 cm³/mol. The molecule has 1 aromatic carbocycles. The molecule has 1 saturated carbocycles. The monoisotopic (exact) mass is 231 g/mol. The van der Waals surface area contributed by atoms with E-state index in [1.165, 1.54) is 36.8 Å². The summed E-state index contributed by atoms with van der Waals surface area (Å²) in [4.78, 5) is 0. The lowest BCUT2D eigenvalue weighted by molar-refractivity contribution is 0.449. The molecule has 0 atom stereocenters. The predicted octanol–water partition coefficient (Wildman–Crippen LogP) is 4.09. The van der Waals surface area contributed by atoms with Gasteiger partial charge in [-0.3, -0.25) is 0 Å². The summed E-state index contributed by atoms with van der Waals surface area (Å²) < 4.78 is 0. The molecule has 1 heteroatoms. The van der Waals surface area contributed by atoms with Gasteiger partial charge in [-0.1, -0.05) is 51.0 Å². The summed E-state index contributed by atoms with van der Waals surface area (Å²) in [6.07, 6.45) is 5.35. The van der Waals surface area contributed by atoms with Crippen molar-refractivity contribution in [2.75, 3.05) is 6.54 Å². The number of hydrogen-bond acceptors (Lipinski definition) is 1. The maximum atomic E-state index is 3.57. The van der Waals surface area contributed by atoms with E-state index in [1.54, 1.807) is 0 Å². The second-order valence-electron chi connectivity index (χ2n) is 5.33. The van der Waals surface area contributed by atoms with Crippen LogP contribution >= 0.6 is 0 Å². The van der Waals surface area contributed by atoms with Crippen LogP contribution in [0.4, 0.5) is 0 Å². The van der Waals surface area contributed by atoms with E-state index in [2.05, 4.69) is 43.4 Å². The Hall–Kier alpha value is -0.820. The molecule has 0 saturated heterocycles. The maximum Gasteiger partial charge on any atom is 0.0205 e. The summed E-state index contributed by atoms with van der Waals surface area (Å²) in [6.45, 7) is 6.72. The van der Waals surface area contributed by atoms with E-state index >= 15 is 0 Å². The van der Waals surface area contributed by atoms with Crippen LogP contribution < -0.4 is 5.32 Å². The highest BCUT2D eigenvalue weighted by Gasteiger charge is 2.22. The Morgan fingerprint density at radius 1 is 1.12 bits per heavy atom. The van der Waals surface area contributed by atoms with Crippen LogP contribution in [0.15, 0.2) is 24.3 Å². The van der Waals surface area contributed by atoms with Crippen molar-refractivity contribution in [3.8, 4) is 0 Å². The topological polar surface area (TPSA) is 12.0 Å². The van der Waals surface area contributed by atoms with E-state index in [-0.39, 0.29) is 0 Å². The first-order valence-electron chi connectivity index (χ1n) is 7.13. The molecule has 0 radical (unpaired) electrons. The fourth-order valence-electron chi connectivity index (χ4n) is 2.32. The molecule has 1 fully saturated rings. The van der Waals surface area contributed by atoms with Crippen LogP contribution in [0.3, 0.4) is 0 Å². The van der Waals surface area contributed by atoms with Crippen molar-refractivity contribution in [1.29, 1.82) is 0 Å². The lowest BCUT2D eigenvalue weighted by atomic mass is 10.0. The molecular formula is C16H25N. The minimum atomic E-state index is 0.834. The molecule has 1 aliphatic rings. The van der Waals surface area contributed by atoms with Crippen molar-refractivity contribution in [2.45, 2.75) is 52.0 Å². The average molecular weight is 231 g/mol. The van der Waals surface area contributed by atoms with Crippen LogP contribution in [-0.4, -0.2) is 6.54 Å². The molecule has 1 aliphatic carbocycles. The highest BCUT2D eigenvalue weighted by molar-refractivity contribution is 5.27. The molecular weight excluding hydrogens is 206 g/mol. The van der Waals surface area contributed by atoms with Gasteiger partial charge in [0.1, 0.15) is 0 Å². The lowest BCUT2D eigenvalue weighted by Gasteiger charge is -2.13. The smallest absolute Gasteiger partial charge is 0.0205 e. The zero-order valence-electron chi connectivity index (χ0n) is 11.2. The van der Waals surface area contributed by atoms with Crippen molar-refractivity contribution in [2.24, 2.45) is 5.92 Å². The highest BCUT2D eigenvalue weighted by Crippen LogP contribution is 2.39. The maximum absolute atomic E-state index is 3.57. The summed E-state index contributed by atoms with van der Waals surface area (Å²) >= 11 is 0. The standard InChI is InChI=1S/C16H25N/c1-3-13(4-2)11-17-12-14-5-7-15(8-6-14)16-9-10-16/h5-8,13,16-17H,3-4,9-12H2,1-2H3. The molecule has 0 unspecified atom stereocenters. The van der Waals surface area contributed by atoms with Crippen LogP contribution in [0.2, 0.25) is 0 Å². The van der Waals surface area contributed by atoms with E-state index in [1.807, 2.05) is 0 Å². The van der Waals surface area contributed by atoms with Gasteiger partial charge in [0, 0.05) is 6.54 Å². The Labute approximate surface area is 106 Å². The van der Waals surface area contributed by atoms with E-state index in [4.69, 9.17) is 0 Å². The van der Waals surface area contributed by atoms with Crippen LogP contribution in [0, 0.1) is 5.92 Å². The van der Waals surface area contributed by atoms with Gasteiger partial charge in [-0.05, 0) is 42.3 Å². The van der Waals surface area contributed by atoms with Gasteiger partial charge in [0.15, 0.2) is 0 Å². The first kappa shape index (κ1) is 12.6. The second-order valence-corrected chi connectivity index (χ2v) is 5.33. The van der Waals surface area contributed by atoms with Crippen molar-refractivity contribution in [1.82, 2.24) is 5.32 Å². The summed E-state index contributed by atoms with van der Waals surface area (Å²) in [7, 11) is 0. The van der Waals surface area contributed by atoms with E-state index < -0.39 is 0 Å². The lowest BCUT2D eigenvalue weighted by Crippen LogP contribution is -2.21. The fourth-order valence-corrected chi connectivity index (χ4v) is 2.32. The van der Waals surface area contributed by atoms with Crippen molar-refractivity contribution in [3.63, 3.8) is 0 Å². The Morgan fingerprint density at radius 3 is 2.29 bits per heavy atom. The summed E-state index contributed by atoms with van der Waals surface area (Å²) in [5.74, 6) is 1.71. The molecule has 94 valence electrons. The van der Waals surface area contributed by atoms with Gasteiger partial charge in [-0.2, -0.15) is 0 Å². The van der Waals surface area contributed by atoms with Crippen molar-refractivity contribution in [3.05, 3.63) is 35.4 Å². The molecule has 1 N–H and O–H groups in total. The van der Waals surface area contributed by atoms with Crippen LogP contribution in [0.5, 0.6) is 0 Å². The zero-order chi connectivity index (χ0) is 12.1.